The van der Waals surface area contributed by atoms with Crippen molar-refractivity contribution < 1.29 is 14.3 Å². The lowest BCUT2D eigenvalue weighted by atomic mass is 10.2. The summed E-state index contributed by atoms with van der Waals surface area (Å²) in [6, 6.07) is 5.42. The van der Waals surface area contributed by atoms with Crippen molar-refractivity contribution in [3.05, 3.63) is 23.8 Å². The van der Waals surface area contributed by atoms with Crippen molar-refractivity contribution in [2.45, 2.75) is 13.0 Å². The highest BCUT2D eigenvalue weighted by molar-refractivity contribution is 5.95. The summed E-state index contributed by atoms with van der Waals surface area (Å²) in [6.07, 6.45) is -0.628. The molecule has 1 aromatic carbocycles. The molecule has 0 fully saturated rings. The third kappa shape index (κ3) is 4.18. The van der Waals surface area contributed by atoms with Crippen LogP contribution in [0, 0.1) is 6.92 Å². The maximum atomic E-state index is 11.7. The van der Waals surface area contributed by atoms with Gasteiger partial charge in [-0.2, -0.15) is 0 Å². The van der Waals surface area contributed by atoms with Gasteiger partial charge in [0.25, 0.3) is 5.91 Å². The van der Waals surface area contributed by atoms with Crippen LogP contribution in [0.2, 0.25) is 0 Å². The average molecular weight is 275 g/mol. The van der Waals surface area contributed by atoms with E-state index in [0.29, 0.717) is 0 Å². The summed E-state index contributed by atoms with van der Waals surface area (Å²) in [5.74, 6) is 0.505. The molecule has 102 valence electrons. The molecule has 1 atom stereocenters. The van der Waals surface area contributed by atoms with Gasteiger partial charge in [0.15, 0.2) is 0 Å². The van der Waals surface area contributed by atoms with Gasteiger partial charge in [-0.3, -0.25) is 4.79 Å². The molecule has 5 nitrogen and oxygen atoms in total. The molecule has 0 aliphatic carbocycles. The number of anilines is 1. The van der Waals surface area contributed by atoms with Gasteiger partial charge >= 0.3 is 0 Å². The van der Waals surface area contributed by atoms with Crippen LogP contribution < -0.4 is 15.8 Å². The predicted octanol–water partition coefficient (Wildman–Crippen LogP) is 1.34. The summed E-state index contributed by atoms with van der Waals surface area (Å²) in [6.45, 7) is 2.04. The number of methoxy groups -OCH3 is 2. The molecular weight excluding hydrogens is 256 g/mol. The number of rotatable bonds is 5. The zero-order chi connectivity index (χ0) is 12.8. The molecule has 1 unspecified atom stereocenters. The minimum absolute atomic E-state index is 0. The average Bonchev–Trinajstić information content (AvgIpc) is 2.33. The molecule has 0 heterocycles. The molecular formula is C12H19ClN2O3. The molecule has 0 saturated heterocycles. The SMILES string of the molecule is COc1ccc(NC(=O)C(CN)OC)c(C)c1.Cl. The number of nitrogens with two attached hydrogens (primary N) is 1. The van der Waals surface area contributed by atoms with Gasteiger partial charge in [0.2, 0.25) is 0 Å². The van der Waals surface area contributed by atoms with Crippen LogP contribution in [-0.4, -0.2) is 32.8 Å². The number of ether oxygens (including phenoxy) is 2. The van der Waals surface area contributed by atoms with Crippen molar-refractivity contribution in [2.24, 2.45) is 5.73 Å². The van der Waals surface area contributed by atoms with Crippen LogP contribution in [0.5, 0.6) is 5.75 Å². The number of carbonyl (C=O) groups excluding carboxylic acids is 1. The second kappa shape index (κ2) is 7.92. The summed E-state index contributed by atoms with van der Waals surface area (Å²) in [5, 5.41) is 2.76. The highest BCUT2D eigenvalue weighted by Crippen LogP contribution is 2.21. The van der Waals surface area contributed by atoms with Crippen LogP contribution in [0.1, 0.15) is 5.56 Å². The molecule has 0 spiro atoms. The van der Waals surface area contributed by atoms with E-state index in [2.05, 4.69) is 5.32 Å². The molecule has 0 saturated carbocycles. The van der Waals surface area contributed by atoms with E-state index in [1.165, 1.54) is 7.11 Å². The largest absolute Gasteiger partial charge is 0.497 e. The molecule has 6 heteroatoms. The molecule has 1 rings (SSSR count). The molecule has 0 aliphatic rings. The molecule has 1 aromatic rings. The third-order valence-electron chi connectivity index (χ3n) is 2.48. The first-order valence-corrected chi connectivity index (χ1v) is 5.30. The second-order valence-electron chi connectivity index (χ2n) is 3.63. The third-order valence-corrected chi connectivity index (χ3v) is 2.48. The number of aryl methyl sites for hydroxylation is 1. The summed E-state index contributed by atoms with van der Waals surface area (Å²) in [4.78, 5) is 11.7. The minimum atomic E-state index is -0.628. The van der Waals surface area contributed by atoms with Crippen molar-refractivity contribution in [1.29, 1.82) is 0 Å². The fraction of sp³-hybridized carbons (Fsp3) is 0.417. The quantitative estimate of drug-likeness (QED) is 0.850. The van der Waals surface area contributed by atoms with Crippen LogP contribution >= 0.6 is 12.4 Å². The monoisotopic (exact) mass is 274 g/mol. The molecule has 0 radical (unpaired) electrons. The fourth-order valence-electron chi connectivity index (χ4n) is 1.43. The predicted molar refractivity (Wildman–Crippen MR) is 73.5 cm³/mol. The number of nitrogens with one attached hydrogen (secondary N) is 1. The van der Waals surface area contributed by atoms with Gasteiger partial charge in [0.1, 0.15) is 11.9 Å². The number of halogens is 1. The lowest BCUT2D eigenvalue weighted by Crippen LogP contribution is -2.36. The van der Waals surface area contributed by atoms with E-state index >= 15 is 0 Å². The van der Waals surface area contributed by atoms with Crippen LogP contribution in [0.3, 0.4) is 0 Å². The number of carbonyl (C=O) groups is 1. The lowest BCUT2D eigenvalue weighted by molar-refractivity contribution is -0.125. The highest BCUT2D eigenvalue weighted by Gasteiger charge is 2.16. The Balaban J connectivity index is 0.00000289. The first-order valence-electron chi connectivity index (χ1n) is 5.30. The van der Waals surface area contributed by atoms with Crippen LogP contribution in [0.15, 0.2) is 18.2 Å². The normalized spacial score (nSPS) is 11.3. The van der Waals surface area contributed by atoms with Gasteiger partial charge in [0.05, 0.1) is 7.11 Å². The molecule has 0 bridgehead atoms. The van der Waals surface area contributed by atoms with Crippen molar-refractivity contribution in [2.75, 3.05) is 26.1 Å². The maximum Gasteiger partial charge on any atom is 0.254 e. The maximum absolute atomic E-state index is 11.7. The minimum Gasteiger partial charge on any atom is -0.497 e. The standard InChI is InChI=1S/C12H18N2O3.ClH/c1-8-6-9(16-2)4-5-10(8)14-12(15)11(7-13)17-3;/h4-6,11H,7,13H2,1-3H3,(H,14,15);1H. The zero-order valence-corrected chi connectivity index (χ0v) is 11.5. The Bertz CT molecular complexity index is 395. The van der Waals surface area contributed by atoms with Crippen molar-refractivity contribution in [3.8, 4) is 5.75 Å². The van der Waals surface area contributed by atoms with Gasteiger partial charge in [-0.25, -0.2) is 0 Å². The van der Waals surface area contributed by atoms with Gasteiger partial charge in [-0.05, 0) is 30.7 Å². The first kappa shape index (κ1) is 16.7. The van der Waals surface area contributed by atoms with Crippen LogP contribution in [-0.2, 0) is 9.53 Å². The fourth-order valence-corrected chi connectivity index (χ4v) is 1.43. The number of hydrogen-bond acceptors (Lipinski definition) is 4. The van der Waals surface area contributed by atoms with E-state index in [0.717, 1.165) is 17.0 Å². The molecule has 3 N–H and O–H groups in total. The summed E-state index contributed by atoms with van der Waals surface area (Å²) in [5.41, 5.74) is 7.06. The Hall–Kier alpha value is -1.30. The smallest absolute Gasteiger partial charge is 0.254 e. The molecule has 1 amide bonds. The van der Waals surface area contributed by atoms with Gasteiger partial charge in [0, 0.05) is 19.3 Å². The topological polar surface area (TPSA) is 73.6 Å². The van der Waals surface area contributed by atoms with E-state index in [4.69, 9.17) is 15.2 Å². The number of amides is 1. The van der Waals surface area contributed by atoms with E-state index in [1.807, 2.05) is 13.0 Å². The molecule has 0 aliphatic heterocycles. The van der Waals surface area contributed by atoms with Gasteiger partial charge < -0.3 is 20.5 Å². The van der Waals surface area contributed by atoms with E-state index in [-0.39, 0.29) is 24.9 Å². The Morgan fingerprint density at radius 2 is 2.11 bits per heavy atom. The Kier molecular flexibility index (Phi) is 7.35. The summed E-state index contributed by atoms with van der Waals surface area (Å²) < 4.78 is 10.0. The molecule has 0 aromatic heterocycles. The van der Waals surface area contributed by atoms with Crippen molar-refractivity contribution >= 4 is 24.0 Å². The Morgan fingerprint density at radius 1 is 1.44 bits per heavy atom. The van der Waals surface area contributed by atoms with E-state index < -0.39 is 6.10 Å². The number of hydrogen-bond donors (Lipinski definition) is 2. The van der Waals surface area contributed by atoms with E-state index in [1.54, 1.807) is 19.2 Å². The molecule has 18 heavy (non-hydrogen) atoms. The van der Waals surface area contributed by atoms with Crippen LogP contribution in [0.25, 0.3) is 0 Å². The lowest BCUT2D eigenvalue weighted by Gasteiger charge is -2.14. The van der Waals surface area contributed by atoms with Crippen molar-refractivity contribution in [3.63, 3.8) is 0 Å². The number of benzene rings is 1. The Morgan fingerprint density at radius 3 is 2.56 bits per heavy atom. The van der Waals surface area contributed by atoms with Gasteiger partial charge in [-0.15, -0.1) is 12.4 Å². The van der Waals surface area contributed by atoms with Crippen LogP contribution in [0.4, 0.5) is 5.69 Å². The van der Waals surface area contributed by atoms with Crippen molar-refractivity contribution in [1.82, 2.24) is 0 Å². The summed E-state index contributed by atoms with van der Waals surface area (Å²) in [7, 11) is 3.06. The zero-order valence-electron chi connectivity index (χ0n) is 10.7. The first-order chi connectivity index (χ1) is 8.12. The highest BCUT2D eigenvalue weighted by atomic mass is 35.5. The Labute approximate surface area is 113 Å². The summed E-state index contributed by atoms with van der Waals surface area (Å²) >= 11 is 0. The van der Waals surface area contributed by atoms with Gasteiger partial charge in [-0.1, -0.05) is 0 Å². The van der Waals surface area contributed by atoms with E-state index in [9.17, 15) is 4.79 Å². The second-order valence-corrected chi connectivity index (χ2v) is 3.63.